The van der Waals surface area contributed by atoms with E-state index in [4.69, 9.17) is 17.0 Å². The minimum Gasteiger partial charge on any atom is -0.382 e. The third kappa shape index (κ3) is 6.26. The Hall–Kier alpha value is -1.41. The summed E-state index contributed by atoms with van der Waals surface area (Å²) in [4.78, 5) is 0. The van der Waals surface area contributed by atoms with Crippen molar-refractivity contribution in [3.8, 4) is 0 Å². The molecule has 0 saturated carbocycles. The Morgan fingerprint density at radius 2 is 2.05 bits per heavy atom. The van der Waals surface area contributed by atoms with Crippen LogP contribution in [0.3, 0.4) is 0 Å². The van der Waals surface area contributed by atoms with E-state index in [2.05, 4.69) is 10.6 Å². The number of hydrogen-bond donors (Lipinski definition) is 2. The van der Waals surface area contributed by atoms with Gasteiger partial charge in [-0.2, -0.15) is 13.2 Å². The predicted molar refractivity (Wildman–Crippen MR) is 76.7 cm³/mol. The van der Waals surface area contributed by atoms with Crippen LogP contribution in [-0.2, 0) is 10.9 Å². The zero-order chi connectivity index (χ0) is 15.9. The molecule has 1 aromatic carbocycles. The van der Waals surface area contributed by atoms with E-state index >= 15 is 0 Å². The van der Waals surface area contributed by atoms with E-state index in [1.54, 1.807) is 0 Å². The fourth-order valence-corrected chi connectivity index (χ4v) is 1.70. The minimum atomic E-state index is -4.53. The van der Waals surface area contributed by atoms with Crippen molar-refractivity contribution in [2.45, 2.75) is 19.5 Å². The van der Waals surface area contributed by atoms with E-state index in [9.17, 15) is 17.6 Å². The first-order valence-electron chi connectivity index (χ1n) is 6.34. The van der Waals surface area contributed by atoms with Crippen LogP contribution in [0.15, 0.2) is 18.2 Å². The SMILES string of the molecule is CCOCCCNC(=S)Nc1cc(C(F)(F)F)ccc1F. The number of thiocarbonyl (C=S) groups is 1. The normalized spacial score (nSPS) is 11.3. The Morgan fingerprint density at radius 1 is 1.33 bits per heavy atom. The standard InChI is InChI=1S/C13H16F4N2OS/c1-2-20-7-3-6-18-12(21)19-11-8-9(13(15,16)17)4-5-10(11)14/h4-5,8H,2-3,6-7H2,1H3,(H2,18,19,21). The molecule has 8 heteroatoms. The Bertz CT molecular complexity index is 480. The molecule has 1 aromatic rings. The van der Waals surface area contributed by atoms with Gasteiger partial charge in [0.15, 0.2) is 5.11 Å². The summed E-state index contributed by atoms with van der Waals surface area (Å²) in [5.74, 6) is -0.804. The summed E-state index contributed by atoms with van der Waals surface area (Å²) in [6.45, 7) is 3.50. The average Bonchev–Trinajstić information content (AvgIpc) is 2.40. The summed E-state index contributed by atoms with van der Waals surface area (Å²) in [5.41, 5.74) is -1.25. The van der Waals surface area contributed by atoms with Crippen LogP contribution in [-0.4, -0.2) is 24.9 Å². The molecule has 0 atom stereocenters. The van der Waals surface area contributed by atoms with Crippen molar-refractivity contribution in [2.24, 2.45) is 0 Å². The molecule has 0 heterocycles. The molecule has 0 aliphatic heterocycles. The average molecular weight is 324 g/mol. The molecule has 0 amide bonds. The van der Waals surface area contributed by atoms with E-state index in [1.807, 2.05) is 6.92 Å². The molecule has 2 N–H and O–H groups in total. The molecule has 1 rings (SSSR count). The van der Waals surface area contributed by atoms with Gasteiger partial charge < -0.3 is 15.4 Å². The van der Waals surface area contributed by atoms with Gasteiger partial charge in [-0.3, -0.25) is 0 Å². The molecule has 0 aliphatic rings. The second-order valence-corrected chi connectivity index (χ2v) is 4.53. The first-order chi connectivity index (χ1) is 9.84. The first kappa shape index (κ1) is 17.6. The van der Waals surface area contributed by atoms with Gasteiger partial charge in [0.25, 0.3) is 0 Å². The fraction of sp³-hybridized carbons (Fsp3) is 0.462. The van der Waals surface area contributed by atoms with Crippen LogP contribution in [0.1, 0.15) is 18.9 Å². The van der Waals surface area contributed by atoms with Crippen molar-refractivity contribution < 1.29 is 22.3 Å². The van der Waals surface area contributed by atoms with Gasteiger partial charge in [0.05, 0.1) is 11.3 Å². The van der Waals surface area contributed by atoms with Gasteiger partial charge in [-0.15, -0.1) is 0 Å². The molecule has 0 aliphatic carbocycles. The van der Waals surface area contributed by atoms with Gasteiger partial charge >= 0.3 is 6.18 Å². The minimum absolute atomic E-state index is 0.0599. The highest BCUT2D eigenvalue weighted by molar-refractivity contribution is 7.80. The van der Waals surface area contributed by atoms with Crippen LogP contribution >= 0.6 is 12.2 Å². The molecule has 0 aromatic heterocycles. The maximum atomic E-state index is 13.5. The maximum absolute atomic E-state index is 13.5. The number of anilines is 1. The van der Waals surface area contributed by atoms with E-state index in [1.165, 1.54) is 0 Å². The second kappa shape index (κ2) is 8.14. The Labute approximate surface area is 125 Å². The van der Waals surface area contributed by atoms with E-state index in [0.717, 1.165) is 6.07 Å². The summed E-state index contributed by atoms with van der Waals surface area (Å²) in [5, 5.41) is 5.25. The number of rotatable bonds is 6. The molecule has 0 bridgehead atoms. The van der Waals surface area contributed by atoms with Crippen molar-refractivity contribution in [3.05, 3.63) is 29.6 Å². The van der Waals surface area contributed by atoms with Gasteiger partial charge in [0.2, 0.25) is 0 Å². The van der Waals surface area contributed by atoms with Crippen LogP contribution in [0.5, 0.6) is 0 Å². The largest absolute Gasteiger partial charge is 0.416 e. The zero-order valence-electron chi connectivity index (χ0n) is 11.4. The van der Waals surface area contributed by atoms with Gasteiger partial charge in [-0.1, -0.05) is 0 Å². The lowest BCUT2D eigenvalue weighted by Crippen LogP contribution is -2.30. The van der Waals surface area contributed by atoms with Crippen molar-refractivity contribution in [1.82, 2.24) is 5.32 Å². The lowest BCUT2D eigenvalue weighted by Gasteiger charge is -2.13. The maximum Gasteiger partial charge on any atom is 0.416 e. The Morgan fingerprint density at radius 3 is 2.67 bits per heavy atom. The highest BCUT2D eigenvalue weighted by Crippen LogP contribution is 2.31. The molecule has 21 heavy (non-hydrogen) atoms. The predicted octanol–water partition coefficient (Wildman–Crippen LogP) is 3.56. The lowest BCUT2D eigenvalue weighted by molar-refractivity contribution is -0.137. The van der Waals surface area contributed by atoms with E-state index in [-0.39, 0.29) is 10.8 Å². The monoisotopic (exact) mass is 324 g/mol. The molecule has 0 radical (unpaired) electrons. The van der Waals surface area contributed by atoms with Crippen LogP contribution in [0.25, 0.3) is 0 Å². The Balaban J connectivity index is 2.55. The second-order valence-electron chi connectivity index (χ2n) is 4.12. The Kier molecular flexibility index (Phi) is 6.83. The molecule has 118 valence electrons. The summed E-state index contributed by atoms with van der Waals surface area (Å²) in [6.07, 6.45) is -3.85. The molecule has 0 fully saturated rings. The number of benzene rings is 1. The third-order valence-corrected chi connectivity index (χ3v) is 2.74. The summed E-state index contributed by atoms with van der Waals surface area (Å²) >= 11 is 4.90. The van der Waals surface area contributed by atoms with E-state index < -0.39 is 17.6 Å². The topological polar surface area (TPSA) is 33.3 Å². The summed E-state index contributed by atoms with van der Waals surface area (Å²) in [7, 11) is 0. The first-order valence-corrected chi connectivity index (χ1v) is 6.74. The van der Waals surface area contributed by atoms with Gasteiger partial charge in [0.1, 0.15) is 5.82 Å². The fourth-order valence-electron chi connectivity index (χ4n) is 1.48. The van der Waals surface area contributed by atoms with Gasteiger partial charge in [-0.25, -0.2) is 4.39 Å². The molecule has 0 spiro atoms. The van der Waals surface area contributed by atoms with Gasteiger partial charge in [-0.05, 0) is 43.8 Å². The smallest absolute Gasteiger partial charge is 0.382 e. The van der Waals surface area contributed by atoms with Crippen LogP contribution in [0.4, 0.5) is 23.2 Å². The quantitative estimate of drug-likeness (QED) is 0.476. The highest BCUT2D eigenvalue weighted by atomic mass is 32.1. The van der Waals surface area contributed by atoms with Crippen molar-refractivity contribution in [2.75, 3.05) is 25.1 Å². The van der Waals surface area contributed by atoms with Crippen molar-refractivity contribution in [3.63, 3.8) is 0 Å². The molecular formula is C13H16F4N2OS. The number of ether oxygens (including phenoxy) is 1. The molecular weight excluding hydrogens is 308 g/mol. The summed E-state index contributed by atoms with van der Waals surface area (Å²) < 4.78 is 56.2. The van der Waals surface area contributed by atoms with E-state index in [0.29, 0.717) is 38.3 Å². The molecule has 3 nitrogen and oxygen atoms in total. The number of nitrogens with one attached hydrogen (secondary N) is 2. The van der Waals surface area contributed by atoms with Crippen molar-refractivity contribution >= 4 is 23.0 Å². The zero-order valence-corrected chi connectivity index (χ0v) is 12.2. The number of hydrogen-bond acceptors (Lipinski definition) is 2. The van der Waals surface area contributed by atoms with Crippen LogP contribution in [0, 0.1) is 5.82 Å². The van der Waals surface area contributed by atoms with Crippen LogP contribution < -0.4 is 10.6 Å². The lowest BCUT2D eigenvalue weighted by atomic mass is 10.2. The number of halogens is 4. The van der Waals surface area contributed by atoms with Gasteiger partial charge in [0, 0.05) is 19.8 Å². The summed E-state index contributed by atoms with van der Waals surface area (Å²) in [6, 6.07) is 2.12. The molecule has 0 unspecified atom stereocenters. The van der Waals surface area contributed by atoms with Crippen LogP contribution in [0.2, 0.25) is 0 Å². The highest BCUT2D eigenvalue weighted by Gasteiger charge is 2.31. The van der Waals surface area contributed by atoms with Crippen molar-refractivity contribution in [1.29, 1.82) is 0 Å². The number of alkyl halides is 3. The molecule has 0 saturated heterocycles. The third-order valence-electron chi connectivity index (χ3n) is 2.50.